The van der Waals surface area contributed by atoms with E-state index in [-0.39, 0.29) is 0 Å². The van der Waals surface area contributed by atoms with E-state index < -0.39 is 5.60 Å². The van der Waals surface area contributed by atoms with Crippen LogP contribution in [-0.4, -0.2) is 15.3 Å². The first kappa shape index (κ1) is 12.2. The predicted octanol–water partition coefficient (Wildman–Crippen LogP) is 3.28. The molecule has 0 unspecified atom stereocenters. The highest BCUT2D eigenvalue weighted by atomic mass is 16.3. The Balaban J connectivity index is 2.61. The van der Waals surface area contributed by atoms with Gasteiger partial charge in [0.05, 0.1) is 11.1 Å². The molecule has 1 N–H and O–H groups in total. The summed E-state index contributed by atoms with van der Waals surface area (Å²) in [5, 5.41) is 11.2. The number of hydrogen-bond donors (Lipinski definition) is 1. The Morgan fingerprint density at radius 2 is 2.00 bits per heavy atom. The van der Waals surface area contributed by atoms with Gasteiger partial charge in [-0.05, 0) is 39.3 Å². The summed E-state index contributed by atoms with van der Waals surface area (Å²) in [5.74, 6) is 0. The van der Waals surface area contributed by atoms with Crippen LogP contribution in [0.25, 0.3) is 10.9 Å². The number of para-hydroxylation sites is 1. The van der Waals surface area contributed by atoms with E-state index in [2.05, 4.69) is 42.7 Å². The first-order valence-electron chi connectivity index (χ1n) is 6.22. The highest BCUT2D eigenvalue weighted by molar-refractivity contribution is 5.84. The zero-order valence-corrected chi connectivity index (χ0v) is 11.1. The third-order valence-corrected chi connectivity index (χ3v) is 3.14. The summed E-state index contributed by atoms with van der Waals surface area (Å²) in [6, 6.07) is 8.57. The quantitative estimate of drug-likeness (QED) is 0.861. The third-order valence-electron chi connectivity index (χ3n) is 3.14. The first-order chi connectivity index (χ1) is 7.92. The zero-order valence-electron chi connectivity index (χ0n) is 11.1. The molecule has 1 heterocycles. The molecule has 1 aromatic carbocycles. The van der Waals surface area contributed by atoms with E-state index in [1.807, 2.05) is 13.8 Å². The summed E-state index contributed by atoms with van der Waals surface area (Å²) in [6.07, 6.45) is 0.689. The van der Waals surface area contributed by atoms with Crippen molar-refractivity contribution in [3.63, 3.8) is 0 Å². The van der Waals surface area contributed by atoms with E-state index in [1.165, 1.54) is 22.2 Å². The summed E-state index contributed by atoms with van der Waals surface area (Å²) < 4.78 is 2.31. The first-order valence-corrected chi connectivity index (χ1v) is 6.22. The van der Waals surface area contributed by atoms with Gasteiger partial charge in [0.25, 0.3) is 0 Å². The van der Waals surface area contributed by atoms with Gasteiger partial charge in [-0.25, -0.2) is 0 Å². The molecule has 2 nitrogen and oxygen atoms in total. The molecule has 92 valence electrons. The Morgan fingerprint density at radius 1 is 1.29 bits per heavy atom. The summed E-state index contributed by atoms with van der Waals surface area (Å²) in [5.41, 5.74) is 3.15. The molecular formula is C15H21NO. The van der Waals surface area contributed by atoms with E-state index in [9.17, 15) is 5.11 Å². The molecule has 0 fully saturated rings. The second kappa shape index (κ2) is 4.19. The van der Waals surface area contributed by atoms with E-state index in [0.717, 1.165) is 6.54 Å². The maximum atomic E-state index is 9.97. The molecule has 1 aromatic heterocycles. The molecule has 0 aliphatic rings. The van der Waals surface area contributed by atoms with Crippen LogP contribution in [0.5, 0.6) is 0 Å². The van der Waals surface area contributed by atoms with Crippen LogP contribution < -0.4 is 0 Å². The lowest BCUT2D eigenvalue weighted by Gasteiger charge is -2.18. The Morgan fingerprint density at radius 3 is 2.59 bits per heavy atom. The van der Waals surface area contributed by atoms with Crippen LogP contribution in [0.3, 0.4) is 0 Å². The fraction of sp³-hybridized carbons (Fsp3) is 0.467. The Hall–Kier alpha value is -1.28. The Bertz CT molecular complexity index is 532. The lowest BCUT2D eigenvalue weighted by atomic mass is 10.0. The van der Waals surface area contributed by atoms with Crippen molar-refractivity contribution in [2.45, 2.75) is 46.3 Å². The summed E-state index contributed by atoms with van der Waals surface area (Å²) >= 11 is 0. The summed E-state index contributed by atoms with van der Waals surface area (Å²) in [6.45, 7) is 8.96. The SMILES string of the molecule is CCn1c(CC(C)(C)O)cc2cccc(C)c21. The van der Waals surface area contributed by atoms with Crippen molar-refractivity contribution in [2.24, 2.45) is 0 Å². The Labute approximate surface area is 103 Å². The monoisotopic (exact) mass is 231 g/mol. The maximum Gasteiger partial charge on any atom is 0.0646 e. The van der Waals surface area contributed by atoms with Crippen LogP contribution in [0.15, 0.2) is 24.3 Å². The van der Waals surface area contributed by atoms with E-state index in [0.29, 0.717) is 6.42 Å². The molecule has 0 saturated heterocycles. The molecular weight excluding hydrogens is 210 g/mol. The average molecular weight is 231 g/mol. The van der Waals surface area contributed by atoms with Gasteiger partial charge in [-0.15, -0.1) is 0 Å². The van der Waals surface area contributed by atoms with Gasteiger partial charge in [-0.3, -0.25) is 0 Å². The van der Waals surface area contributed by atoms with Crippen molar-refractivity contribution in [2.75, 3.05) is 0 Å². The van der Waals surface area contributed by atoms with Gasteiger partial charge < -0.3 is 9.67 Å². The molecule has 2 aromatic rings. The topological polar surface area (TPSA) is 25.2 Å². The molecule has 0 bridgehead atoms. The largest absolute Gasteiger partial charge is 0.390 e. The number of hydrogen-bond acceptors (Lipinski definition) is 1. The molecule has 0 atom stereocenters. The number of rotatable bonds is 3. The molecule has 0 saturated carbocycles. The molecule has 0 spiro atoms. The molecule has 0 amide bonds. The van der Waals surface area contributed by atoms with Crippen molar-refractivity contribution in [3.8, 4) is 0 Å². The highest BCUT2D eigenvalue weighted by Gasteiger charge is 2.18. The molecule has 2 heteroatoms. The lowest BCUT2D eigenvalue weighted by Crippen LogP contribution is -2.23. The fourth-order valence-electron chi connectivity index (χ4n) is 2.52. The van der Waals surface area contributed by atoms with Gasteiger partial charge in [0.1, 0.15) is 0 Å². The maximum absolute atomic E-state index is 9.97. The number of aromatic nitrogens is 1. The minimum absolute atomic E-state index is 0.658. The normalized spacial score (nSPS) is 12.3. The van der Waals surface area contributed by atoms with Crippen molar-refractivity contribution in [1.29, 1.82) is 0 Å². The average Bonchev–Trinajstić information content (AvgIpc) is 2.53. The van der Waals surface area contributed by atoms with Crippen LogP contribution in [0, 0.1) is 6.92 Å². The summed E-state index contributed by atoms with van der Waals surface area (Å²) in [4.78, 5) is 0. The van der Waals surface area contributed by atoms with Crippen LogP contribution >= 0.6 is 0 Å². The second-order valence-electron chi connectivity index (χ2n) is 5.38. The van der Waals surface area contributed by atoms with Gasteiger partial charge in [-0.1, -0.05) is 18.2 Å². The van der Waals surface area contributed by atoms with E-state index >= 15 is 0 Å². The molecule has 2 rings (SSSR count). The zero-order chi connectivity index (χ0) is 12.6. The number of aliphatic hydroxyl groups is 1. The van der Waals surface area contributed by atoms with Crippen LogP contribution in [0.2, 0.25) is 0 Å². The second-order valence-corrected chi connectivity index (χ2v) is 5.38. The van der Waals surface area contributed by atoms with Gasteiger partial charge in [-0.2, -0.15) is 0 Å². The van der Waals surface area contributed by atoms with Gasteiger partial charge in [0.2, 0.25) is 0 Å². The molecule has 0 radical (unpaired) electrons. The van der Waals surface area contributed by atoms with Crippen molar-refractivity contribution in [1.82, 2.24) is 4.57 Å². The van der Waals surface area contributed by atoms with E-state index in [1.54, 1.807) is 0 Å². The standard InChI is InChI=1S/C15H21NO/c1-5-16-13(10-15(3,4)17)9-12-8-6-7-11(2)14(12)16/h6-9,17H,5,10H2,1-4H3. The van der Waals surface area contributed by atoms with Crippen molar-refractivity contribution >= 4 is 10.9 Å². The Kier molecular flexibility index (Phi) is 3.00. The van der Waals surface area contributed by atoms with Gasteiger partial charge >= 0.3 is 0 Å². The minimum Gasteiger partial charge on any atom is -0.390 e. The van der Waals surface area contributed by atoms with Crippen LogP contribution in [0.1, 0.15) is 32.0 Å². The van der Waals surface area contributed by atoms with Crippen LogP contribution in [-0.2, 0) is 13.0 Å². The minimum atomic E-state index is -0.658. The number of aryl methyl sites for hydroxylation is 2. The van der Waals surface area contributed by atoms with Crippen molar-refractivity contribution in [3.05, 3.63) is 35.5 Å². The smallest absolute Gasteiger partial charge is 0.0646 e. The number of nitrogens with zero attached hydrogens (tertiary/aromatic N) is 1. The molecule has 0 aliphatic carbocycles. The summed E-state index contributed by atoms with van der Waals surface area (Å²) in [7, 11) is 0. The number of benzene rings is 1. The molecule has 17 heavy (non-hydrogen) atoms. The highest BCUT2D eigenvalue weighted by Crippen LogP contribution is 2.25. The van der Waals surface area contributed by atoms with Crippen molar-refractivity contribution < 1.29 is 5.11 Å². The van der Waals surface area contributed by atoms with Crippen LogP contribution in [0.4, 0.5) is 0 Å². The number of fused-ring (bicyclic) bond motifs is 1. The molecule has 0 aliphatic heterocycles. The third kappa shape index (κ3) is 2.37. The lowest BCUT2D eigenvalue weighted by molar-refractivity contribution is 0.0791. The van der Waals surface area contributed by atoms with Gasteiger partial charge in [0, 0.05) is 24.0 Å². The van der Waals surface area contributed by atoms with Gasteiger partial charge in [0.15, 0.2) is 0 Å². The fourth-order valence-corrected chi connectivity index (χ4v) is 2.52. The van der Waals surface area contributed by atoms with E-state index in [4.69, 9.17) is 0 Å². The predicted molar refractivity (Wildman–Crippen MR) is 72.4 cm³/mol.